The average Bonchev–Trinajstić information content (AvgIpc) is 3.05. The predicted molar refractivity (Wildman–Crippen MR) is 114 cm³/mol. The quantitative estimate of drug-likeness (QED) is 0.491. The Bertz CT molecular complexity index is 727. The fourth-order valence-corrected chi connectivity index (χ4v) is 4.53. The Morgan fingerprint density at radius 2 is 1.96 bits per heavy atom. The first-order valence-corrected chi connectivity index (χ1v) is 10.8. The summed E-state index contributed by atoms with van der Waals surface area (Å²) in [7, 11) is 0. The molecule has 3 rings (SSSR count). The molecule has 0 aliphatic carbocycles. The standard InChI is InChI=1S/C18H18BrIN2O2S/c19-13-5-1-11(2-6-13)9-15(17(23)24)21-18-22-16(10-25-18)12-3-7-14(20)8-4-12/h1-8,15-16,18,21-22H,9-10H2,(H,23,24). The highest BCUT2D eigenvalue weighted by Gasteiger charge is 2.29. The van der Waals surface area contributed by atoms with Gasteiger partial charge in [0.2, 0.25) is 0 Å². The van der Waals surface area contributed by atoms with Gasteiger partial charge >= 0.3 is 5.97 Å². The summed E-state index contributed by atoms with van der Waals surface area (Å²) in [5.41, 5.74) is 2.16. The van der Waals surface area contributed by atoms with Gasteiger partial charge in [-0.3, -0.25) is 15.4 Å². The fraction of sp³-hybridized carbons (Fsp3) is 0.278. The molecule has 1 fully saturated rings. The molecule has 7 heteroatoms. The van der Waals surface area contributed by atoms with Crippen LogP contribution in [-0.2, 0) is 11.2 Å². The summed E-state index contributed by atoms with van der Waals surface area (Å²) in [6.45, 7) is 0. The average molecular weight is 533 g/mol. The molecular formula is C18H18BrIN2O2S. The number of carboxylic acids is 1. The van der Waals surface area contributed by atoms with Crippen molar-refractivity contribution < 1.29 is 9.90 Å². The minimum atomic E-state index is -0.831. The number of thioether (sulfide) groups is 1. The number of halogens is 2. The molecule has 1 saturated heterocycles. The maximum atomic E-state index is 11.6. The van der Waals surface area contributed by atoms with Gasteiger partial charge in [-0.25, -0.2) is 0 Å². The minimum absolute atomic E-state index is 0.0687. The Morgan fingerprint density at radius 1 is 1.28 bits per heavy atom. The molecule has 3 unspecified atom stereocenters. The van der Waals surface area contributed by atoms with Crippen molar-refractivity contribution in [1.82, 2.24) is 10.6 Å². The van der Waals surface area contributed by atoms with Gasteiger partial charge in [0.1, 0.15) is 11.5 Å². The van der Waals surface area contributed by atoms with E-state index in [2.05, 4.69) is 73.4 Å². The molecule has 25 heavy (non-hydrogen) atoms. The molecule has 0 saturated carbocycles. The van der Waals surface area contributed by atoms with Gasteiger partial charge in [-0.15, -0.1) is 11.8 Å². The lowest BCUT2D eigenvalue weighted by atomic mass is 10.1. The zero-order chi connectivity index (χ0) is 17.8. The number of hydrogen-bond acceptors (Lipinski definition) is 4. The molecule has 0 aromatic heterocycles. The fourth-order valence-electron chi connectivity index (χ4n) is 2.71. The molecule has 0 radical (unpaired) electrons. The Kier molecular flexibility index (Phi) is 6.79. The van der Waals surface area contributed by atoms with Crippen LogP contribution in [-0.4, -0.2) is 28.4 Å². The van der Waals surface area contributed by atoms with Crippen LogP contribution in [0, 0.1) is 3.57 Å². The van der Waals surface area contributed by atoms with Crippen LogP contribution in [0.4, 0.5) is 0 Å². The van der Waals surface area contributed by atoms with Crippen LogP contribution in [0.15, 0.2) is 53.0 Å². The molecule has 4 nitrogen and oxygen atoms in total. The zero-order valence-corrected chi connectivity index (χ0v) is 17.8. The van der Waals surface area contributed by atoms with Crippen LogP contribution < -0.4 is 10.6 Å². The lowest BCUT2D eigenvalue weighted by Gasteiger charge is -2.20. The Balaban J connectivity index is 1.60. The third kappa shape index (κ3) is 5.43. The van der Waals surface area contributed by atoms with Gasteiger partial charge in [0.25, 0.3) is 0 Å². The Hall–Kier alpha value is -0.610. The smallest absolute Gasteiger partial charge is 0.321 e. The number of hydrogen-bond donors (Lipinski definition) is 3. The molecule has 0 bridgehead atoms. The molecule has 3 atom stereocenters. The second kappa shape index (κ2) is 8.85. The monoisotopic (exact) mass is 532 g/mol. The molecule has 0 amide bonds. The van der Waals surface area contributed by atoms with Gasteiger partial charge in [0.05, 0.1) is 0 Å². The number of rotatable bonds is 6. The summed E-state index contributed by atoms with van der Waals surface area (Å²) in [4.78, 5) is 11.6. The van der Waals surface area contributed by atoms with Crippen molar-refractivity contribution in [1.29, 1.82) is 0 Å². The lowest BCUT2D eigenvalue weighted by molar-refractivity contribution is -0.139. The van der Waals surface area contributed by atoms with E-state index in [4.69, 9.17) is 0 Å². The molecule has 1 aliphatic heterocycles. The molecule has 2 aromatic rings. The Labute approximate surface area is 173 Å². The van der Waals surface area contributed by atoms with Crippen molar-refractivity contribution >= 4 is 56.3 Å². The first kappa shape index (κ1) is 19.2. The normalized spacial score (nSPS) is 21.2. The van der Waals surface area contributed by atoms with E-state index in [1.54, 1.807) is 11.8 Å². The van der Waals surface area contributed by atoms with E-state index < -0.39 is 12.0 Å². The van der Waals surface area contributed by atoms with E-state index in [1.165, 1.54) is 9.13 Å². The zero-order valence-electron chi connectivity index (χ0n) is 13.3. The van der Waals surface area contributed by atoms with Crippen molar-refractivity contribution in [2.75, 3.05) is 5.75 Å². The summed E-state index contributed by atoms with van der Waals surface area (Å²) >= 11 is 7.41. The number of carbonyl (C=O) groups is 1. The summed E-state index contributed by atoms with van der Waals surface area (Å²) < 4.78 is 2.20. The van der Waals surface area contributed by atoms with Gasteiger partial charge < -0.3 is 5.11 Å². The molecule has 1 aliphatic rings. The third-order valence-corrected chi connectivity index (χ3v) is 6.44. The van der Waals surface area contributed by atoms with Crippen LogP contribution in [0.5, 0.6) is 0 Å². The lowest BCUT2D eigenvalue weighted by Crippen LogP contribution is -2.47. The minimum Gasteiger partial charge on any atom is -0.480 e. The number of nitrogens with one attached hydrogen (secondary N) is 2. The highest BCUT2D eigenvalue weighted by atomic mass is 127. The highest BCUT2D eigenvalue weighted by Crippen LogP contribution is 2.28. The van der Waals surface area contributed by atoms with Crippen molar-refractivity contribution in [2.45, 2.75) is 24.0 Å². The SMILES string of the molecule is O=C(O)C(Cc1ccc(Br)cc1)NC1NC(c2ccc(I)cc2)CS1. The molecule has 0 spiro atoms. The molecule has 3 N–H and O–H groups in total. The summed E-state index contributed by atoms with van der Waals surface area (Å²) in [5.74, 6) is 0.0890. The van der Waals surface area contributed by atoms with E-state index in [0.29, 0.717) is 6.42 Å². The second-order valence-corrected chi connectivity index (χ2v) is 9.17. The van der Waals surface area contributed by atoms with E-state index in [9.17, 15) is 9.90 Å². The summed E-state index contributed by atoms with van der Waals surface area (Å²) in [6, 6.07) is 15.8. The molecule has 1 heterocycles. The highest BCUT2D eigenvalue weighted by molar-refractivity contribution is 14.1. The largest absolute Gasteiger partial charge is 0.480 e. The van der Waals surface area contributed by atoms with E-state index in [1.807, 2.05) is 24.3 Å². The van der Waals surface area contributed by atoms with Crippen LogP contribution in [0.25, 0.3) is 0 Å². The maximum Gasteiger partial charge on any atom is 0.321 e. The van der Waals surface area contributed by atoms with Crippen LogP contribution >= 0.6 is 50.3 Å². The molecule has 2 aromatic carbocycles. The number of carboxylic acid groups (broad SMARTS) is 1. The van der Waals surface area contributed by atoms with Crippen molar-refractivity contribution in [3.8, 4) is 0 Å². The van der Waals surface area contributed by atoms with Gasteiger partial charge in [-0.1, -0.05) is 40.2 Å². The van der Waals surface area contributed by atoms with E-state index >= 15 is 0 Å². The summed E-state index contributed by atoms with van der Waals surface area (Å²) in [6.07, 6.45) is 0.454. The second-order valence-electron chi connectivity index (χ2n) is 5.87. The van der Waals surface area contributed by atoms with Crippen LogP contribution in [0.3, 0.4) is 0 Å². The van der Waals surface area contributed by atoms with Gasteiger partial charge in [0, 0.05) is 19.8 Å². The first-order valence-electron chi connectivity index (χ1n) is 7.87. The van der Waals surface area contributed by atoms with E-state index in [0.717, 1.165) is 15.8 Å². The maximum absolute atomic E-state index is 11.6. The summed E-state index contributed by atoms with van der Waals surface area (Å²) in [5, 5.41) is 16.3. The van der Waals surface area contributed by atoms with Crippen molar-refractivity contribution in [3.05, 3.63) is 67.7 Å². The predicted octanol–water partition coefficient (Wildman–Crippen LogP) is 4.00. The van der Waals surface area contributed by atoms with Gasteiger partial charge in [-0.05, 0) is 64.4 Å². The molecule has 132 valence electrons. The Morgan fingerprint density at radius 3 is 2.60 bits per heavy atom. The van der Waals surface area contributed by atoms with Gasteiger partial charge in [-0.2, -0.15) is 0 Å². The molecular weight excluding hydrogens is 515 g/mol. The number of benzene rings is 2. The van der Waals surface area contributed by atoms with Crippen LogP contribution in [0.1, 0.15) is 17.2 Å². The van der Waals surface area contributed by atoms with Gasteiger partial charge in [0.15, 0.2) is 0 Å². The van der Waals surface area contributed by atoms with Crippen LogP contribution in [0.2, 0.25) is 0 Å². The number of aliphatic carboxylic acids is 1. The third-order valence-electron chi connectivity index (χ3n) is 4.06. The first-order chi connectivity index (χ1) is 12.0. The van der Waals surface area contributed by atoms with E-state index in [-0.39, 0.29) is 11.5 Å². The van der Waals surface area contributed by atoms with Crippen molar-refractivity contribution in [3.63, 3.8) is 0 Å². The topological polar surface area (TPSA) is 61.4 Å². The van der Waals surface area contributed by atoms with Crippen molar-refractivity contribution in [2.24, 2.45) is 0 Å².